The molecule has 0 radical (unpaired) electrons. The fourth-order valence-corrected chi connectivity index (χ4v) is 1.02. The minimum Gasteiger partial charge on any atom is -0.743 e. The van der Waals surface area contributed by atoms with Gasteiger partial charge < -0.3 is 14.0 Å². The summed E-state index contributed by atoms with van der Waals surface area (Å²) in [6, 6.07) is 0. The fourth-order valence-electron chi connectivity index (χ4n) is 0.818. The van der Waals surface area contributed by atoms with Gasteiger partial charge in [-0.25, -0.2) is 13.2 Å². The number of carbonyl (C=O) groups is 2. The molecule has 7 nitrogen and oxygen atoms in total. The van der Waals surface area contributed by atoms with Gasteiger partial charge in [-0.3, -0.25) is 4.79 Å². The van der Waals surface area contributed by atoms with Crippen molar-refractivity contribution >= 4 is 22.1 Å². The van der Waals surface area contributed by atoms with E-state index in [4.69, 9.17) is 0 Å². The lowest BCUT2D eigenvalue weighted by atomic mass is 10.3. The third-order valence-corrected chi connectivity index (χ3v) is 2.55. The van der Waals surface area contributed by atoms with E-state index in [-0.39, 0.29) is 0 Å². The van der Waals surface area contributed by atoms with Gasteiger partial charge in [-0.1, -0.05) is 6.58 Å². The number of carbonyl (C=O) groups excluding carboxylic acids is 2. The van der Waals surface area contributed by atoms with E-state index in [1.54, 1.807) is 0 Å². The molecule has 0 aliphatic heterocycles. The Kier molecular flexibility index (Phi) is 6.03. The molecule has 10 heteroatoms. The van der Waals surface area contributed by atoms with Crippen LogP contribution in [0.5, 0.6) is 0 Å². The van der Waals surface area contributed by atoms with Gasteiger partial charge in [0.2, 0.25) is 0 Å². The van der Waals surface area contributed by atoms with Crippen molar-refractivity contribution in [3.8, 4) is 0 Å². The Labute approximate surface area is 107 Å². The molecule has 0 bridgehead atoms. The zero-order chi connectivity index (χ0) is 15.3. The number of esters is 2. The summed E-state index contributed by atoms with van der Waals surface area (Å²) in [6.07, 6.45) is -0.718. The highest BCUT2D eigenvalue weighted by Gasteiger charge is 2.39. The fraction of sp³-hybridized carbons (Fsp3) is 0.556. The summed E-state index contributed by atoms with van der Waals surface area (Å²) >= 11 is 0. The largest absolute Gasteiger partial charge is 0.743 e. The average Bonchev–Trinajstić information content (AvgIpc) is 2.24. The predicted molar refractivity (Wildman–Crippen MR) is 56.0 cm³/mol. The van der Waals surface area contributed by atoms with Crippen LogP contribution in [0.15, 0.2) is 12.7 Å². The monoisotopic (exact) mass is 301 g/mol. The topological polar surface area (TPSA) is 110 Å². The van der Waals surface area contributed by atoms with Crippen molar-refractivity contribution in [2.45, 2.75) is 24.7 Å². The molecule has 1 atom stereocenters. The van der Waals surface area contributed by atoms with E-state index in [0.29, 0.717) is 0 Å². The van der Waals surface area contributed by atoms with E-state index in [1.165, 1.54) is 6.92 Å². The first-order chi connectivity index (χ1) is 8.49. The Morgan fingerprint density at radius 1 is 1.47 bits per heavy atom. The average molecular weight is 301 g/mol. The lowest BCUT2D eigenvalue weighted by Gasteiger charge is -2.19. The van der Waals surface area contributed by atoms with Crippen molar-refractivity contribution in [2.75, 3.05) is 6.61 Å². The summed E-state index contributed by atoms with van der Waals surface area (Å²) in [4.78, 5) is 21.7. The number of alkyl halides is 2. The maximum absolute atomic E-state index is 12.6. The first kappa shape index (κ1) is 17.4. The number of halogens is 2. The molecule has 0 saturated carbocycles. The molecule has 0 spiro atoms. The van der Waals surface area contributed by atoms with Gasteiger partial charge in [0, 0.05) is 6.08 Å². The molecule has 0 amide bonds. The van der Waals surface area contributed by atoms with Crippen LogP contribution in [-0.4, -0.2) is 42.9 Å². The molecule has 0 aromatic carbocycles. The van der Waals surface area contributed by atoms with Crippen LogP contribution in [0.25, 0.3) is 0 Å². The Balaban J connectivity index is 4.27. The maximum atomic E-state index is 12.6. The third-order valence-electron chi connectivity index (χ3n) is 1.71. The van der Waals surface area contributed by atoms with Gasteiger partial charge in [0.05, 0.1) is 6.42 Å². The molecular formula is C9H11F2O7S-. The molecule has 0 aliphatic carbocycles. The van der Waals surface area contributed by atoms with E-state index in [1.807, 2.05) is 0 Å². The van der Waals surface area contributed by atoms with Crippen molar-refractivity contribution in [1.82, 2.24) is 0 Å². The zero-order valence-corrected chi connectivity index (χ0v) is 10.6. The molecule has 0 aromatic rings. The molecule has 0 rings (SSSR count). The van der Waals surface area contributed by atoms with Crippen LogP contribution in [-0.2, 0) is 29.2 Å². The molecule has 0 aromatic heterocycles. The number of hydrogen-bond acceptors (Lipinski definition) is 7. The third kappa shape index (κ3) is 6.25. The van der Waals surface area contributed by atoms with E-state index in [2.05, 4.69) is 16.1 Å². The molecule has 110 valence electrons. The number of hydrogen-bond donors (Lipinski definition) is 0. The van der Waals surface area contributed by atoms with Crippen LogP contribution < -0.4 is 0 Å². The first-order valence-electron chi connectivity index (χ1n) is 4.81. The second-order valence-electron chi connectivity index (χ2n) is 3.41. The van der Waals surface area contributed by atoms with E-state index in [9.17, 15) is 31.3 Å². The molecule has 0 N–H and O–H groups in total. The van der Waals surface area contributed by atoms with Crippen LogP contribution in [0.4, 0.5) is 8.78 Å². The van der Waals surface area contributed by atoms with Crippen molar-refractivity contribution in [2.24, 2.45) is 0 Å². The minimum absolute atomic E-state index is 0.575. The molecule has 0 aliphatic rings. The smallest absolute Gasteiger partial charge is 0.367 e. The van der Waals surface area contributed by atoms with E-state index >= 15 is 0 Å². The van der Waals surface area contributed by atoms with Crippen LogP contribution >= 0.6 is 0 Å². The van der Waals surface area contributed by atoms with Crippen LogP contribution in [0.3, 0.4) is 0 Å². The summed E-state index contributed by atoms with van der Waals surface area (Å²) in [5.41, 5.74) is 0. The van der Waals surface area contributed by atoms with Gasteiger partial charge in [0.25, 0.3) is 0 Å². The van der Waals surface area contributed by atoms with Crippen LogP contribution in [0.1, 0.15) is 13.3 Å². The summed E-state index contributed by atoms with van der Waals surface area (Å²) in [5, 5.41) is -4.70. The Morgan fingerprint density at radius 2 is 2.00 bits per heavy atom. The standard InChI is InChI=1S/C9H12F2O7S/c1-3-7(12)18-6(2)4-8(13)17-5-9(10,11)19(14,15)16/h3,6H,1,4-5H2,2H3,(H,14,15,16)/p-1. The summed E-state index contributed by atoms with van der Waals surface area (Å²) < 4.78 is 64.0. The van der Waals surface area contributed by atoms with Gasteiger partial charge in [-0.15, -0.1) is 0 Å². The molecule has 19 heavy (non-hydrogen) atoms. The highest BCUT2D eigenvalue weighted by Crippen LogP contribution is 2.20. The molecule has 0 saturated heterocycles. The van der Waals surface area contributed by atoms with E-state index < -0.39 is 46.4 Å². The van der Waals surface area contributed by atoms with Crippen molar-refractivity contribution in [3.05, 3.63) is 12.7 Å². The minimum atomic E-state index is -5.91. The molecule has 0 fully saturated rings. The highest BCUT2D eigenvalue weighted by molar-refractivity contribution is 7.86. The second-order valence-corrected chi connectivity index (χ2v) is 4.91. The normalized spacial score (nSPS) is 13.5. The Hall–Kier alpha value is -1.55. The highest BCUT2D eigenvalue weighted by atomic mass is 32.2. The van der Waals surface area contributed by atoms with Crippen LogP contribution in [0.2, 0.25) is 0 Å². The first-order valence-corrected chi connectivity index (χ1v) is 6.22. The van der Waals surface area contributed by atoms with Gasteiger partial charge in [0.1, 0.15) is 6.10 Å². The number of rotatable bonds is 7. The lowest BCUT2D eigenvalue weighted by Crippen LogP contribution is -2.35. The van der Waals surface area contributed by atoms with Gasteiger partial charge >= 0.3 is 17.2 Å². The summed E-state index contributed by atoms with van der Waals surface area (Å²) in [7, 11) is -5.91. The lowest BCUT2D eigenvalue weighted by molar-refractivity contribution is -0.155. The Morgan fingerprint density at radius 3 is 2.42 bits per heavy atom. The molecular weight excluding hydrogens is 290 g/mol. The summed E-state index contributed by atoms with van der Waals surface area (Å²) in [5.74, 6) is -2.07. The summed E-state index contributed by atoms with van der Waals surface area (Å²) in [6.45, 7) is 2.49. The zero-order valence-electron chi connectivity index (χ0n) is 9.80. The second kappa shape index (κ2) is 6.57. The van der Waals surface area contributed by atoms with Crippen molar-refractivity contribution < 1.29 is 40.8 Å². The molecule has 0 heterocycles. The van der Waals surface area contributed by atoms with Crippen molar-refractivity contribution in [3.63, 3.8) is 0 Å². The molecule has 1 unspecified atom stereocenters. The van der Waals surface area contributed by atoms with Gasteiger partial charge in [-0.05, 0) is 6.92 Å². The quantitative estimate of drug-likeness (QED) is 0.374. The SMILES string of the molecule is C=CC(=O)OC(C)CC(=O)OCC(F)(F)S(=O)(=O)[O-]. The van der Waals surface area contributed by atoms with Gasteiger partial charge in [-0.2, -0.15) is 8.78 Å². The Bertz CT molecular complexity index is 457. The predicted octanol–water partition coefficient (Wildman–Crippen LogP) is 0.175. The maximum Gasteiger partial charge on any atom is 0.367 e. The van der Waals surface area contributed by atoms with Gasteiger partial charge in [0.15, 0.2) is 16.7 Å². The number of ether oxygens (including phenoxy) is 2. The van der Waals surface area contributed by atoms with Crippen LogP contribution in [0, 0.1) is 0 Å². The van der Waals surface area contributed by atoms with E-state index in [0.717, 1.165) is 6.08 Å². The van der Waals surface area contributed by atoms with Crippen molar-refractivity contribution in [1.29, 1.82) is 0 Å².